The van der Waals surface area contributed by atoms with Gasteiger partial charge in [0.2, 0.25) is 5.91 Å². The maximum Gasteiger partial charge on any atom is 0.315 e. The van der Waals surface area contributed by atoms with Crippen LogP contribution in [0.15, 0.2) is 24.3 Å². The standard InChI is InChI=1S/C10H10FNO3/c1-6(10(14)15)9(13)12-8-4-2-7(11)3-5-8/h2-6H,1H3,(H,12,13)(H,14,15). The molecule has 0 aromatic heterocycles. The second-order valence-corrected chi connectivity index (χ2v) is 3.06. The van der Waals surface area contributed by atoms with Gasteiger partial charge in [-0.1, -0.05) is 0 Å². The molecule has 0 aliphatic carbocycles. The maximum absolute atomic E-state index is 12.5. The molecule has 0 radical (unpaired) electrons. The number of halogens is 1. The highest BCUT2D eigenvalue weighted by Gasteiger charge is 2.20. The Balaban J connectivity index is 2.66. The summed E-state index contributed by atoms with van der Waals surface area (Å²) >= 11 is 0. The van der Waals surface area contributed by atoms with Crippen LogP contribution >= 0.6 is 0 Å². The van der Waals surface area contributed by atoms with Gasteiger partial charge < -0.3 is 10.4 Å². The minimum absolute atomic E-state index is 0.370. The predicted molar refractivity (Wildman–Crippen MR) is 51.8 cm³/mol. The van der Waals surface area contributed by atoms with Gasteiger partial charge in [0.15, 0.2) is 0 Å². The van der Waals surface area contributed by atoms with Crippen LogP contribution in [0.4, 0.5) is 10.1 Å². The van der Waals surface area contributed by atoms with Crippen LogP contribution < -0.4 is 5.32 Å². The zero-order valence-electron chi connectivity index (χ0n) is 8.03. The first-order chi connectivity index (χ1) is 7.00. The second kappa shape index (κ2) is 4.54. The Morgan fingerprint density at radius 3 is 2.33 bits per heavy atom. The van der Waals surface area contributed by atoms with Crippen molar-refractivity contribution < 1.29 is 19.1 Å². The molecular formula is C10H10FNO3. The minimum atomic E-state index is -1.20. The maximum atomic E-state index is 12.5. The molecule has 1 rings (SSSR count). The molecule has 0 heterocycles. The summed E-state index contributed by atoms with van der Waals surface area (Å²) in [6, 6.07) is 5.09. The van der Waals surface area contributed by atoms with Crippen molar-refractivity contribution >= 4 is 17.6 Å². The molecule has 1 unspecified atom stereocenters. The van der Waals surface area contributed by atoms with Gasteiger partial charge in [0, 0.05) is 5.69 Å². The topological polar surface area (TPSA) is 66.4 Å². The van der Waals surface area contributed by atoms with Gasteiger partial charge >= 0.3 is 5.97 Å². The molecule has 5 heteroatoms. The van der Waals surface area contributed by atoms with Crippen molar-refractivity contribution in [2.75, 3.05) is 5.32 Å². The molecule has 1 amide bonds. The van der Waals surface area contributed by atoms with E-state index in [1.807, 2.05) is 0 Å². The summed E-state index contributed by atoms with van der Waals surface area (Å²) in [6.07, 6.45) is 0. The van der Waals surface area contributed by atoms with E-state index in [0.29, 0.717) is 5.69 Å². The third-order valence-electron chi connectivity index (χ3n) is 1.88. The molecule has 1 aromatic carbocycles. The Labute approximate surface area is 85.7 Å². The summed E-state index contributed by atoms with van der Waals surface area (Å²) in [5.41, 5.74) is 0.370. The van der Waals surface area contributed by atoms with E-state index in [2.05, 4.69) is 5.32 Å². The minimum Gasteiger partial charge on any atom is -0.481 e. The molecule has 0 aliphatic heterocycles. The number of anilines is 1. The molecule has 1 aromatic rings. The molecule has 4 nitrogen and oxygen atoms in total. The molecule has 0 fully saturated rings. The van der Waals surface area contributed by atoms with Gasteiger partial charge in [0.25, 0.3) is 0 Å². The SMILES string of the molecule is CC(C(=O)O)C(=O)Nc1ccc(F)cc1. The van der Waals surface area contributed by atoms with Crippen molar-refractivity contribution in [1.82, 2.24) is 0 Å². The van der Waals surface area contributed by atoms with Gasteiger partial charge in [-0.3, -0.25) is 9.59 Å². The first kappa shape index (κ1) is 11.2. The number of benzene rings is 1. The number of hydrogen-bond acceptors (Lipinski definition) is 2. The van der Waals surface area contributed by atoms with Gasteiger partial charge in [-0.15, -0.1) is 0 Å². The summed E-state index contributed by atoms with van der Waals surface area (Å²) in [6.45, 7) is 1.28. The molecule has 15 heavy (non-hydrogen) atoms. The number of carboxylic acids is 1. The normalized spacial score (nSPS) is 11.9. The fraction of sp³-hybridized carbons (Fsp3) is 0.200. The lowest BCUT2D eigenvalue weighted by Gasteiger charge is -2.07. The van der Waals surface area contributed by atoms with E-state index in [1.54, 1.807) is 0 Å². The van der Waals surface area contributed by atoms with E-state index in [4.69, 9.17) is 5.11 Å². The monoisotopic (exact) mass is 211 g/mol. The molecule has 0 saturated carbocycles. The van der Waals surface area contributed by atoms with E-state index < -0.39 is 23.6 Å². The summed E-state index contributed by atoms with van der Waals surface area (Å²) in [4.78, 5) is 21.7. The van der Waals surface area contributed by atoms with Crippen molar-refractivity contribution in [3.05, 3.63) is 30.1 Å². The number of carbonyl (C=O) groups excluding carboxylic acids is 1. The van der Waals surface area contributed by atoms with E-state index in [1.165, 1.54) is 31.2 Å². The molecule has 1 atom stereocenters. The lowest BCUT2D eigenvalue weighted by molar-refractivity contribution is -0.144. The lowest BCUT2D eigenvalue weighted by Crippen LogP contribution is -2.26. The molecule has 0 spiro atoms. The predicted octanol–water partition coefficient (Wildman–Crippen LogP) is 1.48. The van der Waals surface area contributed by atoms with Crippen LogP contribution in [0, 0.1) is 11.7 Å². The summed E-state index contributed by atoms with van der Waals surface area (Å²) in [5, 5.41) is 10.9. The van der Waals surface area contributed by atoms with Crippen LogP contribution in [-0.4, -0.2) is 17.0 Å². The molecule has 0 aliphatic rings. The first-order valence-electron chi connectivity index (χ1n) is 4.30. The van der Waals surface area contributed by atoms with Crippen molar-refractivity contribution in [1.29, 1.82) is 0 Å². The Hall–Kier alpha value is -1.91. The fourth-order valence-corrected chi connectivity index (χ4v) is 0.896. The number of amides is 1. The Morgan fingerprint density at radius 1 is 1.33 bits per heavy atom. The first-order valence-corrected chi connectivity index (χ1v) is 4.30. The van der Waals surface area contributed by atoms with Gasteiger partial charge in [-0.2, -0.15) is 0 Å². The number of carboxylic acid groups (broad SMARTS) is 1. The van der Waals surface area contributed by atoms with Crippen LogP contribution in [0.2, 0.25) is 0 Å². The number of hydrogen-bond donors (Lipinski definition) is 2. The second-order valence-electron chi connectivity index (χ2n) is 3.06. The quantitative estimate of drug-likeness (QED) is 0.744. The van der Waals surface area contributed by atoms with Crippen molar-refractivity contribution in [3.63, 3.8) is 0 Å². The molecule has 0 bridgehead atoms. The third kappa shape index (κ3) is 3.05. The average Bonchev–Trinajstić information content (AvgIpc) is 2.20. The summed E-state index contributed by atoms with van der Waals surface area (Å²) in [7, 11) is 0. The van der Waals surface area contributed by atoms with Crippen LogP contribution in [-0.2, 0) is 9.59 Å². The van der Waals surface area contributed by atoms with Crippen LogP contribution in [0.3, 0.4) is 0 Å². The number of nitrogens with one attached hydrogen (secondary N) is 1. The Morgan fingerprint density at radius 2 is 1.87 bits per heavy atom. The average molecular weight is 211 g/mol. The molecule has 80 valence electrons. The zero-order valence-corrected chi connectivity index (χ0v) is 8.03. The van der Waals surface area contributed by atoms with Gasteiger partial charge in [-0.25, -0.2) is 4.39 Å². The summed E-state index contributed by atoms with van der Waals surface area (Å²) in [5.74, 6) is -3.38. The van der Waals surface area contributed by atoms with Crippen molar-refractivity contribution in [3.8, 4) is 0 Å². The van der Waals surface area contributed by atoms with Crippen LogP contribution in [0.25, 0.3) is 0 Å². The van der Waals surface area contributed by atoms with E-state index in [-0.39, 0.29) is 0 Å². The van der Waals surface area contributed by atoms with Gasteiger partial charge in [0.05, 0.1) is 0 Å². The van der Waals surface area contributed by atoms with Crippen LogP contribution in [0.5, 0.6) is 0 Å². The van der Waals surface area contributed by atoms with E-state index >= 15 is 0 Å². The number of rotatable bonds is 3. The Bertz CT molecular complexity index is 375. The van der Waals surface area contributed by atoms with Gasteiger partial charge in [0.1, 0.15) is 11.7 Å². The van der Waals surface area contributed by atoms with Crippen molar-refractivity contribution in [2.45, 2.75) is 6.92 Å². The van der Waals surface area contributed by atoms with Gasteiger partial charge in [-0.05, 0) is 31.2 Å². The molecular weight excluding hydrogens is 201 g/mol. The molecule has 2 N–H and O–H groups in total. The van der Waals surface area contributed by atoms with E-state index in [9.17, 15) is 14.0 Å². The lowest BCUT2D eigenvalue weighted by atomic mass is 10.1. The van der Waals surface area contributed by atoms with E-state index in [0.717, 1.165) is 0 Å². The highest BCUT2D eigenvalue weighted by molar-refractivity contribution is 6.03. The number of aliphatic carboxylic acids is 1. The molecule has 0 saturated heterocycles. The fourth-order valence-electron chi connectivity index (χ4n) is 0.896. The third-order valence-corrected chi connectivity index (χ3v) is 1.88. The smallest absolute Gasteiger partial charge is 0.315 e. The summed E-state index contributed by atoms with van der Waals surface area (Å²) < 4.78 is 12.5. The highest BCUT2D eigenvalue weighted by atomic mass is 19.1. The largest absolute Gasteiger partial charge is 0.481 e. The highest BCUT2D eigenvalue weighted by Crippen LogP contribution is 2.09. The number of carbonyl (C=O) groups is 2. The van der Waals surface area contributed by atoms with Crippen LogP contribution in [0.1, 0.15) is 6.92 Å². The Kier molecular flexibility index (Phi) is 3.38. The zero-order chi connectivity index (χ0) is 11.4. The van der Waals surface area contributed by atoms with Crippen molar-refractivity contribution in [2.24, 2.45) is 5.92 Å².